The summed E-state index contributed by atoms with van der Waals surface area (Å²) >= 11 is 12.1. The molecule has 8 heteroatoms. The first-order chi connectivity index (χ1) is 19.4. The average molecular weight is 575 g/mol. The van der Waals surface area contributed by atoms with Gasteiger partial charge in [0.1, 0.15) is 5.75 Å². The third-order valence-electron chi connectivity index (χ3n) is 6.83. The van der Waals surface area contributed by atoms with Gasteiger partial charge in [-0.1, -0.05) is 47.5 Å². The lowest BCUT2D eigenvalue weighted by molar-refractivity contribution is 0.0548. The quantitative estimate of drug-likeness (QED) is 0.206. The molecule has 0 radical (unpaired) electrons. The number of benzene rings is 4. The van der Waals surface area contributed by atoms with Crippen molar-refractivity contribution in [3.05, 3.63) is 124 Å². The van der Waals surface area contributed by atoms with Gasteiger partial charge in [0.15, 0.2) is 11.5 Å². The average Bonchev–Trinajstić information content (AvgIpc) is 3.42. The molecule has 0 aliphatic carbocycles. The normalized spacial score (nSPS) is 15.0. The molecule has 1 aliphatic heterocycles. The zero-order valence-electron chi connectivity index (χ0n) is 21.9. The Hall–Kier alpha value is -3.84. The molecule has 1 heterocycles. The van der Waals surface area contributed by atoms with Gasteiger partial charge in [-0.05, 0) is 84.8 Å². The number of methoxy groups -OCH3 is 1. The van der Waals surface area contributed by atoms with Crippen LogP contribution < -0.4 is 9.47 Å². The van der Waals surface area contributed by atoms with Gasteiger partial charge >= 0.3 is 0 Å². The Kier molecular flexibility index (Phi) is 8.70. The van der Waals surface area contributed by atoms with E-state index < -0.39 is 0 Å². The molecule has 2 amide bonds. The summed E-state index contributed by atoms with van der Waals surface area (Å²) in [6.07, 6.45) is 0.663. The SMILES string of the molecule is COc1ccccc1Oc1cccc(CN2CC[C@@H](N(C(=O)c3ccc(Cl)cc3)C(=O)c3ccc(Cl)cc3)C2)c1. The van der Waals surface area contributed by atoms with Crippen molar-refractivity contribution in [2.45, 2.75) is 19.0 Å². The van der Waals surface area contributed by atoms with Crippen LogP contribution in [0.5, 0.6) is 17.2 Å². The summed E-state index contributed by atoms with van der Waals surface area (Å²) in [5, 5.41) is 1.05. The molecule has 0 N–H and O–H groups in total. The topological polar surface area (TPSA) is 59.1 Å². The van der Waals surface area contributed by atoms with E-state index in [0.717, 1.165) is 12.1 Å². The molecule has 0 spiro atoms. The van der Waals surface area contributed by atoms with E-state index >= 15 is 0 Å². The number of nitrogens with zero attached hydrogens (tertiary/aromatic N) is 2. The molecule has 40 heavy (non-hydrogen) atoms. The largest absolute Gasteiger partial charge is 0.493 e. The van der Waals surface area contributed by atoms with Gasteiger partial charge < -0.3 is 9.47 Å². The van der Waals surface area contributed by atoms with E-state index in [-0.39, 0.29) is 17.9 Å². The lowest BCUT2D eigenvalue weighted by atomic mass is 10.1. The summed E-state index contributed by atoms with van der Waals surface area (Å²) in [6, 6.07) is 28.3. The van der Waals surface area contributed by atoms with Crippen molar-refractivity contribution in [3.8, 4) is 17.2 Å². The van der Waals surface area contributed by atoms with E-state index in [1.54, 1.807) is 55.6 Å². The highest BCUT2D eigenvalue weighted by atomic mass is 35.5. The van der Waals surface area contributed by atoms with Crippen molar-refractivity contribution in [1.29, 1.82) is 0 Å². The van der Waals surface area contributed by atoms with Crippen LogP contribution in [-0.2, 0) is 6.54 Å². The molecule has 5 rings (SSSR count). The zero-order valence-corrected chi connectivity index (χ0v) is 23.4. The molecule has 0 unspecified atom stereocenters. The molecule has 6 nitrogen and oxygen atoms in total. The summed E-state index contributed by atoms with van der Waals surface area (Å²) in [5.41, 5.74) is 1.88. The second kappa shape index (κ2) is 12.6. The highest BCUT2D eigenvalue weighted by Crippen LogP contribution is 2.32. The number of halogens is 2. The van der Waals surface area contributed by atoms with Gasteiger partial charge in [0.05, 0.1) is 13.2 Å². The Balaban J connectivity index is 1.33. The van der Waals surface area contributed by atoms with Crippen LogP contribution in [0, 0.1) is 0 Å². The van der Waals surface area contributed by atoms with Crippen molar-refractivity contribution in [2.24, 2.45) is 0 Å². The number of likely N-dealkylation sites (tertiary alicyclic amines) is 1. The lowest BCUT2D eigenvalue weighted by Crippen LogP contribution is -2.46. The first-order valence-electron chi connectivity index (χ1n) is 12.9. The molecule has 1 aliphatic rings. The Morgan fingerprint density at radius 2 is 1.43 bits per heavy atom. The number of para-hydroxylation sites is 2. The molecule has 0 aromatic heterocycles. The molecule has 0 saturated carbocycles. The minimum absolute atomic E-state index is 0.292. The predicted octanol–water partition coefficient (Wildman–Crippen LogP) is 7.35. The fourth-order valence-corrected chi connectivity index (χ4v) is 5.10. The van der Waals surface area contributed by atoms with E-state index in [2.05, 4.69) is 4.90 Å². The van der Waals surface area contributed by atoms with E-state index in [9.17, 15) is 9.59 Å². The monoisotopic (exact) mass is 574 g/mol. The minimum Gasteiger partial charge on any atom is -0.493 e. The summed E-state index contributed by atoms with van der Waals surface area (Å²) < 4.78 is 11.5. The van der Waals surface area contributed by atoms with Crippen LogP contribution in [0.25, 0.3) is 0 Å². The molecule has 1 fully saturated rings. The molecule has 204 valence electrons. The van der Waals surface area contributed by atoms with Crippen molar-refractivity contribution < 1.29 is 19.1 Å². The maximum absolute atomic E-state index is 13.7. The molecule has 4 aromatic carbocycles. The van der Waals surface area contributed by atoms with Crippen molar-refractivity contribution in [3.63, 3.8) is 0 Å². The first kappa shape index (κ1) is 27.7. The summed E-state index contributed by atoms with van der Waals surface area (Å²) in [7, 11) is 1.61. The van der Waals surface area contributed by atoms with Crippen molar-refractivity contribution >= 4 is 35.0 Å². The predicted molar refractivity (Wildman–Crippen MR) is 157 cm³/mol. The highest BCUT2D eigenvalue weighted by Gasteiger charge is 2.36. The van der Waals surface area contributed by atoms with Gasteiger partial charge in [0, 0.05) is 40.8 Å². The number of hydrogen-bond acceptors (Lipinski definition) is 5. The first-order valence-corrected chi connectivity index (χ1v) is 13.7. The smallest absolute Gasteiger partial charge is 0.261 e. The van der Waals surface area contributed by atoms with Crippen molar-refractivity contribution in [1.82, 2.24) is 9.80 Å². The van der Waals surface area contributed by atoms with Gasteiger partial charge in [-0.3, -0.25) is 19.4 Å². The van der Waals surface area contributed by atoms with Crippen LogP contribution in [0.3, 0.4) is 0 Å². The van der Waals surface area contributed by atoms with Crippen LogP contribution in [-0.4, -0.2) is 47.9 Å². The summed E-state index contributed by atoms with van der Waals surface area (Å²) in [4.78, 5) is 30.9. The molecule has 1 atom stereocenters. The second-order valence-corrected chi connectivity index (χ2v) is 10.4. The van der Waals surface area contributed by atoms with Crippen LogP contribution >= 0.6 is 23.2 Å². The maximum Gasteiger partial charge on any atom is 0.261 e. The van der Waals surface area contributed by atoms with Gasteiger partial charge in [0.2, 0.25) is 0 Å². The Labute approximate surface area is 243 Å². The summed E-state index contributed by atoms with van der Waals surface area (Å²) in [6.45, 7) is 1.94. The molecule has 4 aromatic rings. The van der Waals surface area contributed by atoms with E-state index in [1.807, 2.05) is 48.5 Å². The summed E-state index contributed by atoms with van der Waals surface area (Å²) in [5.74, 6) is 1.30. The van der Waals surface area contributed by atoms with E-state index in [1.165, 1.54) is 4.90 Å². The van der Waals surface area contributed by atoms with Crippen LogP contribution in [0.1, 0.15) is 32.7 Å². The molecular weight excluding hydrogens is 547 g/mol. The maximum atomic E-state index is 13.7. The number of hydrogen-bond donors (Lipinski definition) is 0. The fourth-order valence-electron chi connectivity index (χ4n) is 4.85. The van der Waals surface area contributed by atoms with Gasteiger partial charge in [-0.15, -0.1) is 0 Å². The standard InChI is InChI=1S/C32H28Cl2N2O4/c1-39-29-7-2-3-8-30(29)40-28-6-4-5-22(19-28)20-35-18-17-27(21-35)36(31(37)23-9-13-25(33)14-10-23)32(38)24-11-15-26(34)16-12-24/h2-16,19,27H,17-18,20-21H2,1H3/t27-/m1/s1. The molecular formula is C32H28Cl2N2O4. The minimum atomic E-state index is -0.351. The third-order valence-corrected chi connectivity index (χ3v) is 7.34. The Morgan fingerprint density at radius 3 is 2.02 bits per heavy atom. The molecule has 1 saturated heterocycles. The molecule has 0 bridgehead atoms. The Bertz CT molecular complexity index is 1430. The number of carbonyl (C=O) groups excluding carboxylic acids is 2. The van der Waals surface area contributed by atoms with E-state index in [4.69, 9.17) is 32.7 Å². The third kappa shape index (κ3) is 6.48. The number of amides is 2. The van der Waals surface area contributed by atoms with Crippen molar-refractivity contribution in [2.75, 3.05) is 20.2 Å². The van der Waals surface area contributed by atoms with Crippen LogP contribution in [0.4, 0.5) is 0 Å². The number of imide groups is 1. The Morgan fingerprint density at radius 1 is 0.825 bits per heavy atom. The van der Waals surface area contributed by atoms with Gasteiger partial charge in [0.25, 0.3) is 11.8 Å². The van der Waals surface area contributed by atoms with Crippen LogP contribution in [0.15, 0.2) is 97.1 Å². The number of carbonyl (C=O) groups is 2. The van der Waals surface area contributed by atoms with E-state index in [0.29, 0.717) is 57.9 Å². The van der Waals surface area contributed by atoms with Gasteiger partial charge in [-0.2, -0.15) is 0 Å². The number of ether oxygens (including phenoxy) is 2. The lowest BCUT2D eigenvalue weighted by Gasteiger charge is -2.28. The number of rotatable bonds is 8. The second-order valence-electron chi connectivity index (χ2n) is 9.57. The zero-order chi connectivity index (χ0) is 28.1. The fraction of sp³-hybridized carbons (Fsp3) is 0.188. The van der Waals surface area contributed by atoms with Crippen LogP contribution in [0.2, 0.25) is 10.0 Å². The van der Waals surface area contributed by atoms with Gasteiger partial charge in [-0.25, -0.2) is 0 Å². The highest BCUT2D eigenvalue weighted by molar-refractivity contribution is 6.31.